The average Bonchev–Trinajstić information content (AvgIpc) is 2.67. The molecule has 1 saturated heterocycles. The van der Waals surface area contributed by atoms with Gasteiger partial charge in [0.1, 0.15) is 0 Å². The lowest BCUT2D eigenvalue weighted by atomic mass is 9.97. The predicted molar refractivity (Wildman–Crippen MR) is 107 cm³/mol. The fraction of sp³-hybridized carbons (Fsp3) is 0.588. The predicted octanol–water partition coefficient (Wildman–Crippen LogP) is 0.855. The molecule has 0 saturated carbocycles. The van der Waals surface area contributed by atoms with Gasteiger partial charge in [0.25, 0.3) is 5.69 Å². The molecule has 0 spiro atoms. The van der Waals surface area contributed by atoms with Crippen molar-refractivity contribution in [3.8, 4) is 0 Å². The van der Waals surface area contributed by atoms with E-state index < -0.39 is 30.7 Å². The lowest BCUT2D eigenvalue weighted by Crippen LogP contribution is -2.43. The zero-order chi connectivity index (χ0) is 21.8. The zero-order valence-electron chi connectivity index (χ0n) is 16.3. The molecule has 10 nitrogen and oxygen atoms in total. The van der Waals surface area contributed by atoms with Gasteiger partial charge in [0.05, 0.1) is 15.6 Å². The number of non-ortho nitro benzene ring substituents is 1. The number of sulfonamides is 1. The van der Waals surface area contributed by atoms with Gasteiger partial charge in [-0.3, -0.25) is 14.9 Å². The number of rotatable bonds is 8. The quantitative estimate of drug-likeness (QED) is 0.459. The Morgan fingerprint density at radius 3 is 2.41 bits per heavy atom. The van der Waals surface area contributed by atoms with Crippen LogP contribution >= 0.6 is 0 Å². The van der Waals surface area contributed by atoms with Gasteiger partial charge >= 0.3 is 0 Å². The minimum atomic E-state index is -3.92. The SMILES string of the molecule is CCS(=O)(=O)CCNC(=O)C1CCN(S(=O)(=O)c2cc([N+](=O)[O-])ccc2C)CC1. The first-order chi connectivity index (χ1) is 13.5. The molecular weight excluding hydrogens is 422 g/mol. The standard InChI is InChI=1S/C17H25N3O7S2/c1-3-28(24,25)11-8-18-17(21)14-6-9-19(10-7-14)29(26,27)16-12-15(20(22)23)5-4-13(16)2/h4-5,12,14H,3,6-11H2,1-2H3,(H,18,21). The van der Waals surface area contributed by atoms with Crippen LogP contribution in [0.5, 0.6) is 0 Å². The van der Waals surface area contributed by atoms with E-state index in [0.717, 1.165) is 6.07 Å². The molecule has 0 unspecified atom stereocenters. The van der Waals surface area contributed by atoms with E-state index >= 15 is 0 Å². The smallest absolute Gasteiger partial charge is 0.270 e. The van der Waals surface area contributed by atoms with Crippen molar-refractivity contribution in [1.29, 1.82) is 0 Å². The lowest BCUT2D eigenvalue weighted by molar-refractivity contribution is -0.385. The molecule has 1 aromatic carbocycles. The van der Waals surface area contributed by atoms with E-state index in [1.807, 2.05) is 0 Å². The minimum Gasteiger partial charge on any atom is -0.355 e. The number of piperidine rings is 1. The lowest BCUT2D eigenvalue weighted by Gasteiger charge is -2.30. The number of amides is 1. The maximum atomic E-state index is 12.9. The molecule has 2 rings (SSSR count). The summed E-state index contributed by atoms with van der Waals surface area (Å²) in [7, 11) is -7.09. The Morgan fingerprint density at radius 1 is 1.24 bits per heavy atom. The topological polar surface area (TPSA) is 144 Å². The van der Waals surface area contributed by atoms with Crippen LogP contribution in [0.15, 0.2) is 23.1 Å². The zero-order valence-corrected chi connectivity index (χ0v) is 18.0. The molecular formula is C17H25N3O7S2. The first kappa shape index (κ1) is 23.2. The fourth-order valence-corrected chi connectivity index (χ4v) is 5.51. The Bertz CT molecular complexity index is 982. The third-order valence-corrected chi connectivity index (χ3v) is 8.72. The van der Waals surface area contributed by atoms with Crippen LogP contribution in [-0.2, 0) is 24.7 Å². The van der Waals surface area contributed by atoms with Gasteiger partial charge in [0, 0.05) is 43.4 Å². The molecule has 1 fully saturated rings. The number of nitrogens with zero attached hydrogens (tertiary/aromatic N) is 2. The van der Waals surface area contributed by atoms with Crippen molar-refractivity contribution in [3.63, 3.8) is 0 Å². The second kappa shape index (κ2) is 9.18. The van der Waals surface area contributed by atoms with Gasteiger partial charge in [0.2, 0.25) is 15.9 Å². The van der Waals surface area contributed by atoms with Gasteiger partial charge < -0.3 is 5.32 Å². The number of nitro benzene ring substituents is 1. The van der Waals surface area contributed by atoms with Crippen LogP contribution in [0.2, 0.25) is 0 Å². The third kappa shape index (κ3) is 5.73. The summed E-state index contributed by atoms with van der Waals surface area (Å²) in [6.07, 6.45) is 0.582. The number of sulfone groups is 1. The highest BCUT2D eigenvalue weighted by atomic mass is 32.2. The molecule has 0 atom stereocenters. The molecule has 1 aromatic rings. The first-order valence-corrected chi connectivity index (χ1v) is 12.5. The van der Waals surface area contributed by atoms with Crippen LogP contribution in [0.25, 0.3) is 0 Å². The van der Waals surface area contributed by atoms with Crippen LogP contribution < -0.4 is 5.32 Å². The van der Waals surface area contributed by atoms with E-state index in [1.54, 1.807) is 6.92 Å². The van der Waals surface area contributed by atoms with Gasteiger partial charge in [-0.05, 0) is 25.3 Å². The number of carbonyl (C=O) groups excluding carboxylic acids is 1. The second-order valence-electron chi connectivity index (χ2n) is 6.91. The number of nitrogens with one attached hydrogen (secondary N) is 1. The van der Waals surface area contributed by atoms with Gasteiger partial charge in [-0.25, -0.2) is 16.8 Å². The van der Waals surface area contributed by atoms with E-state index in [2.05, 4.69) is 5.32 Å². The molecule has 1 aliphatic heterocycles. The van der Waals surface area contributed by atoms with Gasteiger partial charge in [-0.15, -0.1) is 0 Å². The summed E-state index contributed by atoms with van der Waals surface area (Å²) in [5, 5.41) is 13.6. The van der Waals surface area contributed by atoms with Gasteiger partial charge in [-0.2, -0.15) is 4.31 Å². The van der Waals surface area contributed by atoms with Crippen LogP contribution in [0.4, 0.5) is 5.69 Å². The Balaban J connectivity index is 2.00. The van der Waals surface area contributed by atoms with Crippen molar-refractivity contribution in [2.45, 2.75) is 31.6 Å². The number of aryl methyl sites for hydroxylation is 1. The maximum absolute atomic E-state index is 12.9. The highest BCUT2D eigenvalue weighted by Crippen LogP contribution is 2.28. The maximum Gasteiger partial charge on any atom is 0.270 e. The molecule has 12 heteroatoms. The van der Waals surface area contributed by atoms with Crippen molar-refractivity contribution in [3.05, 3.63) is 33.9 Å². The Hall–Kier alpha value is -2.05. The number of carbonyl (C=O) groups is 1. The molecule has 0 radical (unpaired) electrons. The van der Waals surface area contributed by atoms with Crippen molar-refractivity contribution in [2.75, 3.05) is 31.1 Å². The van der Waals surface area contributed by atoms with Crippen molar-refractivity contribution in [1.82, 2.24) is 9.62 Å². The summed E-state index contributed by atoms with van der Waals surface area (Å²) in [5.74, 6) is -0.818. The van der Waals surface area contributed by atoms with Crippen molar-refractivity contribution < 1.29 is 26.6 Å². The summed E-state index contributed by atoms with van der Waals surface area (Å²) >= 11 is 0. The van der Waals surface area contributed by atoms with Crippen molar-refractivity contribution in [2.24, 2.45) is 5.92 Å². The van der Waals surface area contributed by atoms with Crippen molar-refractivity contribution >= 4 is 31.5 Å². The fourth-order valence-electron chi connectivity index (χ4n) is 3.10. The van der Waals surface area contributed by atoms with E-state index in [9.17, 15) is 31.7 Å². The van der Waals surface area contributed by atoms with Gasteiger partial charge in [-0.1, -0.05) is 13.0 Å². The van der Waals surface area contributed by atoms with Crippen LogP contribution in [0.3, 0.4) is 0 Å². The average molecular weight is 448 g/mol. The molecule has 0 aromatic heterocycles. The summed E-state index contributed by atoms with van der Waals surface area (Å²) in [6, 6.07) is 3.71. The Labute approximate surface area is 170 Å². The van der Waals surface area contributed by atoms with Crippen LogP contribution in [-0.4, -0.2) is 63.1 Å². The first-order valence-electron chi connectivity index (χ1n) is 9.21. The molecule has 1 N–H and O–H groups in total. The Morgan fingerprint density at radius 2 is 1.86 bits per heavy atom. The highest BCUT2D eigenvalue weighted by molar-refractivity contribution is 7.91. The Kier molecular flexibility index (Phi) is 7.35. The van der Waals surface area contributed by atoms with Gasteiger partial charge in [0.15, 0.2) is 9.84 Å². The van der Waals surface area contributed by atoms with E-state index in [1.165, 1.54) is 23.4 Å². The minimum absolute atomic E-state index is 0.0101. The molecule has 0 aliphatic carbocycles. The molecule has 0 bridgehead atoms. The highest BCUT2D eigenvalue weighted by Gasteiger charge is 2.33. The molecule has 162 valence electrons. The molecule has 1 amide bonds. The summed E-state index contributed by atoms with van der Waals surface area (Å²) in [5.41, 5.74) is 0.109. The number of benzene rings is 1. The monoisotopic (exact) mass is 447 g/mol. The molecule has 29 heavy (non-hydrogen) atoms. The van der Waals surface area contributed by atoms with E-state index in [4.69, 9.17) is 0 Å². The summed E-state index contributed by atoms with van der Waals surface area (Å²) in [6.45, 7) is 3.35. The number of hydrogen-bond acceptors (Lipinski definition) is 7. The molecule has 1 heterocycles. The normalized spacial score (nSPS) is 16.5. The van der Waals surface area contributed by atoms with Crippen LogP contribution in [0, 0.1) is 23.0 Å². The number of hydrogen-bond donors (Lipinski definition) is 1. The van der Waals surface area contributed by atoms with E-state index in [0.29, 0.717) is 18.4 Å². The summed E-state index contributed by atoms with van der Waals surface area (Å²) in [4.78, 5) is 22.4. The number of nitro groups is 1. The summed E-state index contributed by atoms with van der Waals surface area (Å²) < 4.78 is 50.0. The third-order valence-electron chi connectivity index (χ3n) is 4.98. The molecule has 1 aliphatic rings. The second-order valence-corrected chi connectivity index (χ2v) is 11.3. The van der Waals surface area contributed by atoms with E-state index in [-0.39, 0.29) is 47.6 Å². The largest absolute Gasteiger partial charge is 0.355 e. The van der Waals surface area contributed by atoms with Crippen LogP contribution in [0.1, 0.15) is 25.3 Å².